The molecule has 6 rings (SSSR count). The van der Waals surface area contributed by atoms with Crippen LogP contribution in [0.2, 0.25) is 0 Å². The first-order chi connectivity index (χ1) is 22.9. The fourth-order valence-electron chi connectivity index (χ4n) is 6.33. The van der Waals surface area contributed by atoms with Crippen LogP contribution in [0.1, 0.15) is 34.3 Å². The minimum atomic E-state index is 0.0147. The SMILES string of the molecule is C(=C\c1ccccc1)/COc1ccccc1C(C(c1ccccc1OC/C=C/c1ccccc1)N1CCOCC1)N1CCOCC1. The summed E-state index contributed by atoms with van der Waals surface area (Å²) in [7, 11) is 0. The second kappa shape index (κ2) is 16.9. The lowest BCUT2D eigenvalue weighted by Crippen LogP contribution is -2.48. The Hall–Kier alpha value is -4.20. The van der Waals surface area contributed by atoms with E-state index in [0.717, 1.165) is 48.8 Å². The van der Waals surface area contributed by atoms with Gasteiger partial charge in [-0.05, 0) is 35.4 Å². The number of ether oxygens (including phenoxy) is 4. The normalized spacial score (nSPS) is 17.7. The Balaban J connectivity index is 1.33. The zero-order valence-corrected chi connectivity index (χ0v) is 26.5. The van der Waals surface area contributed by atoms with Gasteiger partial charge in [0.05, 0.1) is 38.5 Å². The third-order valence-electron chi connectivity index (χ3n) is 8.54. The van der Waals surface area contributed by atoms with Gasteiger partial charge in [0.1, 0.15) is 24.7 Å². The second-order valence-corrected chi connectivity index (χ2v) is 11.5. The third-order valence-corrected chi connectivity index (χ3v) is 8.54. The topological polar surface area (TPSA) is 43.4 Å². The zero-order chi connectivity index (χ0) is 31.2. The van der Waals surface area contributed by atoms with Crippen molar-refractivity contribution in [3.05, 3.63) is 144 Å². The van der Waals surface area contributed by atoms with Crippen LogP contribution in [-0.2, 0) is 9.47 Å². The molecule has 6 nitrogen and oxygen atoms in total. The molecule has 2 saturated heterocycles. The van der Waals surface area contributed by atoms with Gasteiger partial charge in [-0.15, -0.1) is 0 Å². The van der Waals surface area contributed by atoms with Gasteiger partial charge in [0.15, 0.2) is 0 Å². The van der Waals surface area contributed by atoms with Crippen molar-refractivity contribution in [3.8, 4) is 11.5 Å². The fraction of sp³-hybridized carbons (Fsp3) is 0.300. The van der Waals surface area contributed by atoms with Crippen LogP contribution in [0.5, 0.6) is 11.5 Å². The van der Waals surface area contributed by atoms with Crippen molar-refractivity contribution in [2.75, 3.05) is 65.8 Å². The number of benzene rings is 4. The Kier molecular flexibility index (Phi) is 11.7. The minimum absolute atomic E-state index is 0.0147. The maximum Gasteiger partial charge on any atom is 0.124 e. The summed E-state index contributed by atoms with van der Waals surface area (Å²) in [5, 5.41) is 0. The molecule has 4 aromatic rings. The summed E-state index contributed by atoms with van der Waals surface area (Å²) in [5.74, 6) is 1.80. The molecule has 0 aromatic heterocycles. The van der Waals surface area contributed by atoms with Gasteiger partial charge in [0.2, 0.25) is 0 Å². The van der Waals surface area contributed by atoms with Gasteiger partial charge in [0, 0.05) is 37.3 Å². The molecule has 2 atom stereocenters. The van der Waals surface area contributed by atoms with Crippen molar-refractivity contribution in [1.29, 1.82) is 0 Å². The standard InChI is InChI=1S/C40H44N2O4/c1-3-13-33(14-4-1)17-11-27-45-37-21-9-7-19-35(37)39(41-23-29-43-30-24-41)40(42-25-31-44-32-26-42)36-20-8-10-22-38(36)46-28-12-18-34-15-5-2-6-16-34/h1-22,39-40H,23-32H2/b17-11+,18-12+. The van der Waals surface area contributed by atoms with E-state index in [1.807, 2.05) is 12.1 Å². The maximum absolute atomic E-state index is 6.53. The molecule has 238 valence electrons. The summed E-state index contributed by atoms with van der Waals surface area (Å²) < 4.78 is 24.7. The van der Waals surface area contributed by atoms with Crippen molar-refractivity contribution >= 4 is 12.2 Å². The van der Waals surface area contributed by atoms with Crippen molar-refractivity contribution < 1.29 is 18.9 Å². The number of nitrogens with zero attached hydrogens (tertiary/aromatic N) is 2. The van der Waals surface area contributed by atoms with E-state index in [9.17, 15) is 0 Å². The number of rotatable bonds is 13. The molecule has 0 spiro atoms. The molecule has 0 amide bonds. The molecular weight excluding hydrogens is 572 g/mol. The maximum atomic E-state index is 6.53. The Morgan fingerprint density at radius 3 is 1.28 bits per heavy atom. The molecular formula is C40H44N2O4. The molecule has 2 unspecified atom stereocenters. The summed E-state index contributed by atoms with van der Waals surface area (Å²) in [5.41, 5.74) is 4.67. The molecule has 4 aromatic carbocycles. The van der Waals surface area contributed by atoms with Gasteiger partial charge in [-0.3, -0.25) is 9.80 Å². The zero-order valence-electron chi connectivity index (χ0n) is 26.5. The molecule has 0 N–H and O–H groups in total. The van der Waals surface area contributed by atoms with Crippen LogP contribution in [0, 0.1) is 0 Å². The molecule has 0 aliphatic carbocycles. The Labute approximate surface area is 273 Å². The summed E-state index contributed by atoms with van der Waals surface area (Å²) in [6.45, 7) is 7.17. The van der Waals surface area contributed by atoms with Crippen LogP contribution in [0.15, 0.2) is 121 Å². The van der Waals surface area contributed by atoms with E-state index in [1.54, 1.807) is 0 Å². The first-order valence-corrected chi connectivity index (χ1v) is 16.4. The Bertz CT molecular complexity index is 1410. The Morgan fingerprint density at radius 2 is 0.870 bits per heavy atom. The van der Waals surface area contributed by atoms with E-state index in [-0.39, 0.29) is 12.1 Å². The van der Waals surface area contributed by atoms with Crippen LogP contribution in [0.25, 0.3) is 12.2 Å². The second-order valence-electron chi connectivity index (χ2n) is 11.5. The van der Waals surface area contributed by atoms with Crippen LogP contribution >= 0.6 is 0 Å². The molecule has 2 aliphatic rings. The number of hydrogen-bond donors (Lipinski definition) is 0. The van der Waals surface area contributed by atoms with Crippen LogP contribution in [0.4, 0.5) is 0 Å². The first kappa shape index (κ1) is 31.8. The molecule has 0 radical (unpaired) electrons. The lowest BCUT2D eigenvalue weighted by molar-refractivity contribution is -0.0386. The highest BCUT2D eigenvalue weighted by molar-refractivity contribution is 5.50. The number of hydrogen-bond acceptors (Lipinski definition) is 6. The molecule has 2 fully saturated rings. The van der Waals surface area contributed by atoms with Crippen LogP contribution < -0.4 is 9.47 Å². The molecule has 0 saturated carbocycles. The minimum Gasteiger partial charge on any atom is -0.489 e. The number of morpholine rings is 2. The smallest absolute Gasteiger partial charge is 0.124 e. The van der Waals surface area contributed by atoms with E-state index in [0.29, 0.717) is 39.6 Å². The van der Waals surface area contributed by atoms with Crippen molar-refractivity contribution in [3.63, 3.8) is 0 Å². The van der Waals surface area contributed by atoms with E-state index < -0.39 is 0 Å². The summed E-state index contributed by atoms with van der Waals surface area (Å²) >= 11 is 0. The molecule has 2 heterocycles. The van der Waals surface area contributed by atoms with Gasteiger partial charge in [-0.25, -0.2) is 0 Å². The monoisotopic (exact) mass is 616 g/mol. The lowest BCUT2D eigenvalue weighted by Gasteiger charge is -2.45. The van der Waals surface area contributed by atoms with Crippen LogP contribution in [-0.4, -0.2) is 75.6 Å². The number of para-hydroxylation sites is 2. The molecule has 46 heavy (non-hydrogen) atoms. The predicted octanol–water partition coefficient (Wildman–Crippen LogP) is 7.32. The average molecular weight is 617 g/mol. The van der Waals surface area contributed by atoms with E-state index in [4.69, 9.17) is 18.9 Å². The van der Waals surface area contributed by atoms with E-state index in [2.05, 4.69) is 131 Å². The summed E-state index contributed by atoms with van der Waals surface area (Å²) in [6, 6.07) is 37.8. The van der Waals surface area contributed by atoms with Gasteiger partial charge in [-0.2, -0.15) is 0 Å². The molecule has 0 bridgehead atoms. The van der Waals surface area contributed by atoms with Crippen molar-refractivity contribution in [2.45, 2.75) is 12.1 Å². The highest BCUT2D eigenvalue weighted by Crippen LogP contribution is 2.45. The van der Waals surface area contributed by atoms with Gasteiger partial charge < -0.3 is 18.9 Å². The van der Waals surface area contributed by atoms with Crippen molar-refractivity contribution in [1.82, 2.24) is 9.80 Å². The largest absolute Gasteiger partial charge is 0.489 e. The highest BCUT2D eigenvalue weighted by Gasteiger charge is 2.38. The molecule has 2 aliphatic heterocycles. The van der Waals surface area contributed by atoms with E-state index >= 15 is 0 Å². The van der Waals surface area contributed by atoms with Crippen molar-refractivity contribution in [2.24, 2.45) is 0 Å². The van der Waals surface area contributed by atoms with Crippen LogP contribution in [0.3, 0.4) is 0 Å². The fourth-order valence-corrected chi connectivity index (χ4v) is 6.33. The Morgan fingerprint density at radius 1 is 0.500 bits per heavy atom. The third kappa shape index (κ3) is 8.53. The highest BCUT2D eigenvalue weighted by atomic mass is 16.5. The lowest BCUT2D eigenvalue weighted by atomic mass is 9.88. The van der Waals surface area contributed by atoms with Gasteiger partial charge in [0.25, 0.3) is 0 Å². The summed E-state index contributed by atoms with van der Waals surface area (Å²) in [6.07, 6.45) is 8.39. The average Bonchev–Trinajstić information content (AvgIpc) is 3.13. The predicted molar refractivity (Wildman–Crippen MR) is 185 cm³/mol. The van der Waals surface area contributed by atoms with E-state index in [1.165, 1.54) is 11.1 Å². The first-order valence-electron chi connectivity index (χ1n) is 16.4. The van der Waals surface area contributed by atoms with Gasteiger partial charge >= 0.3 is 0 Å². The molecule has 6 heteroatoms. The quantitative estimate of drug-likeness (QED) is 0.157. The van der Waals surface area contributed by atoms with Gasteiger partial charge in [-0.1, -0.05) is 109 Å². The summed E-state index contributed by atoms with van der Waals surface area (Å²) in [4.78, 5) is 5.13.